The largest absolute Gasteiger partial charge is 0.483 e. The van der Waals surface area contributed by atoms with Gasteiger partial charge in [-0.15, -0.1) is 0 Å². The molecular weight excluding hydrogens is 652 g/mol. The van der Waals surface area contributed by atoms with Gasteiger partial charge in [-0.2, -0.15) is 0 Å². The number of hydrogen-bond donors (Lipinski definition) is 1. The second-order valence-corrected chi connectivity index (χ2v) is 15.8. The maximum atomic E-state index is 14.2. The summed E-state index contributed by atoms with van der Waals surface area (Å²) in [5.41, 5.74) is 8.14. The van der Waals surface area contributed by atoms with Gasteiger partial charge < -0.3 is 15.0 Å². The van der Waals surface area contributed by atoms with Crippen molar-refractivity contribution < 1.29 is 19.1 Å². The molecule has 0 spiro atoms. The Morgan fingerprint density at radius 2 is 1.45 bits per heavy atom. The number of hydrogen-bond acceptors (Lipinski definition) is 5. The van der Waals surface area contributed by atoms with Gasteiger partial charge in [0.1, 0.15) is 5.75 Å². The molecule has 1 heterocycles. The molecule has 3 aromatic carbocycles. The van der Waals surface area contributed by atoms with Crippen molar-refractivity contribution in [2.75, 3.05) is 11.9 Å². The summed E-state index contributed by atoms with van der Waals surface area (Å²) in [6.45, 7) is 13.1. The Balaban J connectivity index is 1.36. The summed E-state index contributed by atoms with van der Waals surface area (Å²) in [5, 5.41) is 2.90. The molecule has 244 valence electrons. The summed E-state index contributed by atoms with van der Waals surface area (Å²) in [7, 11) is 0. The van der Waals surface area contributed by atoms with Crippen molar-refractivity contribution in [2.24, 2.45) is 10.8 Å². The van der Waals surface area contributed by atoms with Gasteiger partial charge in [0.05, 0.1) is 4.47 Å². The van der Waals surface area contributed by atoms with Crippen molar-refractivity contribution in [1.29, 1.82) is 0 Å². The Morgan fingerprint density at radius 3 is 2.02 bits per heavy atom. The number of nitrogens with one attached hydrogen (secondary N) is 1. The van der Waals surface area contributed by atoms with Gasteiger partial charge in [0.25, 0.3) is 5.91 Å². The third-order valence-corrected chi connectivity index (χ3v) is 10.3. The molecule has 0 aromatic heterocycles. The lowest BCUT2D eigenvalue weighted by molar-refractivity contribution is -0.120. The van der Waals surface area contributed by atoms with Crippen LogP contribution in [0.25, 0.3) is 0 Å². The molecule has 3 aromatic rings. The van der Waals surface area contributed by atoms with Crippen LogP contribution >= 0.6 is 15.9 Å². The Labute approximate surface area is 286 Å². The van der Waals surface area contributed by atoms with Gasteiger partial charge in [-0.25, -0.2) is 0 Å². The van der Waals surface area contributed by atoms with Crippen LogP contribution in [0.3, 0.4) is 0 Å². The molecule has 1 amide bonds. The van der Waals surface area contributed by atoms with Gasteiger partial charge in [0.15, 0.2) is 18.2 Å². The average Bonchev–Trinajstić information content (AvgIpc) is 2.98. The standard InChI is InChI=1S/C40H43BrN2O4/c1-24-12-14-28(16-25(24)2)42-35(46)23-47-34-15-13-27(17-29(34)41)36-37-30(18-39(3,4)20-32(37)44)43(22-26-10-8-7-9-11-26)31-19-40(5,6)21-33(45)38(31)36/h7-17,36H,18-23H2,1-6H3,(H,42,46). The minimum absolute atomic E-state index is 0.1000. The molecule has 1 aliphatic heterocycles. The Bertz CT molecular complexity index is 1780. The molecule has 6 nitrogen and oxygen atoms in total. The van der Waals surface area contributed by atoms with Crippen LogP contribution in [0.1, 0.15) is 81.5 Å². The number of rotatable bonds is 7. The number of ketones is 2. The number of benzene rings is 3. The molecule has 0 radical (unpaired) electrons. The van der Waals surface area contributed by atoms with E-state index in [1.54, 1.807) is 0 Å². The maximum absolute atomic E-state index is 14.2. The van der Waals surface area contributed by atoms with Crippen molar-refractivity contribution in [3.63, 3.8) is 0 Å². The number of nitrogens with zero attached hydrogens (tertiary/aromatic N) is 1. The number of allylic oxidation sites excluding steroid dienone is 4. The molecule has 0 saturated heterocycles. The fraction of sp³-hybridized carbons (Fsp3) is 0.375. The van der Waals surface area contributed by atoms with Gasteiger partial charge >= 0.3 is 0 Å². The summed E-state index contributed by atoms with van der Waals surface area (Å²) in [6.07, 6.45) is 2.37. The zero-order valence-corrected chi connectivity index (χ0v) is 29.7. The van der Waals surface area contributed by atoms with Crippen LogP contribution < -0.4 is 10.1 Å². The molecule has 3 aliphatic rings. The highest BCUT2D eigenvalue weighted by Crippen LogP contribution is 2.55. The molecule has 0 saturated carbocycles. The summed E-state index contributed by atoms with van der Waals surface area (Å²) < 4.78 is 6.60. The highest BCUT2D eigenvalue weighted by molar-refractivity contribution is 9.10. The van der Waals surface area contributed by atoms with E-state index in [9.17, 15) is 14.4 Å². The first-order chi connectivity index (χ1) is 22.2. The number of halogens is 1. The van der Waals surface area contributed by atoms with E-state index in [1.165, 1.54) is 0 Å². The normalized spacial score (nSPS) is 19.0. The summed E-state index contributed by atoms with van der Waals surface area (Å²) in [6, 6.07) is 21.8. The Kier molecular flexibility index (Phi) is 8.81. The van der Waals surface area contributed by atoms with E-state index in [1.807, 2.05) is 68.4 Å². The monoisotopic (exact) mass is 694 g/mol. The summed E-state index contributed by atoms with van der Waals surface area (Å²) >= 11 is 3.68. The van der Waals surface area contributed by atoms with Crippen LogP contribution in [0.4, 0.5) is 5.69 Å². The van der Waals surface area contributed by atoms with Crippen molar-refractivity contribution in [2.45, 2.75) is 79.7 Å². The fourth-order valence-corrected chi connectivity index (χ4v) is 7.82. The number of Topliss-reactive ketones (excluding diaryl/α,β-unsaturated/α-hetero) is 2. The highest BCUT2D eigenvalue weighted by atomic mass is 79.9. The number of aryl methyl sites for hydroxylation is 2. The predicted octanol–water partition coefficient (Wildman–Crippen LogP) is 8.97. The van der Waals surface area contributed by atoms with Gasteiger partial charge in [-0.05, 0) is 100.0 Å². The fourth-order valence-electron chi connectivity index (χ4n) is 7.31. The lowest BCUT2D eigenvalue weighted by Crippen LogP contribution is -2.44. The first-order valence-electron chi connectivity index (χ1n) is 16.3. The quantitative estimate of drug-likeness (QED) is 0.267. The van der Waals surface area contributed by atoms with Crippen LogP contribution in [-0.2, 0) is 20.9 Å². The van der Waals surface area contributed by atoms with Crippen LogP contribution in [0.5, 0.6) is 5.75 Å². The van der Waals surface area contributed by atoms with Crippen molar-refractivity contribution >= 4 is 39.1 Å². The van der Waals surface area contributed by atoms with Crippen LogP contribution in [-0.4, -0.2) is 29.0 Å². The van der Waals surface area contributed by atoms with E-state index in [0.29, 0.717) is 29.6 Å². The molecule has 0 bridgehead atoms. The van der Waals surface area contributed by atoms with E-state index in [2.05, 4.69) is 66.0 Å². The lowest BCUT2D eigenvalue weighted by Gasteiger charge is -2.49. The number of ether oxygens (including phenoxy) is 1. The molecule has 7 heteroatoms. The van der Waals surface area contributed by atoms with E-state index in [4.69, 9.17) is 4.74 Å². The topological polar surface area (TPSA) is 75.7 Å². The lowest BCUT2D eigenvalue weighted by atomic mass is 9.63. The first-order valence-corrected chi connectivity index (χ1v) is 17.1. The number of amides is 1. The van der Waals surface area contributed by atoms with E-state index in [-0.39, 0.29) is 34.9 Å². The Morgan fingerprint density at radius 1 is 0.830 bits per heavy atom. The maximum Gasteiger partial charge on any atom is 0.262 e. The van der Waals surface area contributed by atoms with Gasteiger partial charge in [-0.1, -0.05) is 70.2 Å². The zero-order chi connectivity index (χ0) is 33.7. The average molecular weight is 696 g/mol. The first kappa shape index (κ1) is 33.0. The smallest absolute Gasteiger partial charge is 0.262 e. The van der Waals surface area contributed by atoms with Gasteiger partial charge in [-0.3, -0.25) is 14.4 Å². The van der Waals surface area contributed by atoms with Crippen molar-refractivity contribution in [3.8, 4) is 5.75 Å². The molecule has 1 N–H and O–H groups in total. The summed E-state index contributed by atoms with van der Waals surface area (Å²) in [4.78, 5) is 43.3. The minimum atomic E-state index is -0.461. The van der Waals surface area contributed by atoms with Crippen LogP contribution in [0, 0.1) is 24.7 Å². The molecular formula is C40H43BrN2O4. The SMILES string of the molecule is Cc1ccc(NC(=O)COc2ccc(C3C4=C(CC(C)(C)CC4=O)N(Cc4ccccc4)C4=C3C(=O)CC(C)(C)C4)cc2Br)cc1C. The minimum Gasteiger partial charge on any atom is -0.483 e. The third-order valence-electron chi connectivity index (χ3n) is 9.64. The molecule has 0 unspecified atom stereocenters. The van der Waals surface area contributed by atoms with Gasteiger partial charge in [0, 0.05) is 53.5 Å². The number of carbonyl (C=O) groups is 3. The summed E-state index contributed by atoms with van der Waals surface area (Å²) in [5.74, 6) is -0.00451. The molecule has 2 aliphatic carbocycles. The van der Waals surface area contributed by atoms with E-state index >= 15 is 0 Å². The Hall–Kier alpha value is -3.97. The van der Waals surface area contributed by atoms with Crippen LogP contribution in [0.15, 0.2) is 93.7 Å². The molecule has 0 atom stereocenters. The van der Waals surface area contributed by atoms with E-state index in [0.717, 1.165) is 63.3 Å². The molecule has 47 heavy (non-hydrogen) atoms. The highest BCUT2D eigenvalue weighted by Gasteiger charge is 2.49. The van der Waals surface area contributed by atoms with Gasteiger partial charge in [0.2, 0.25) is 0 Å². The number of anilines is 1. The van der Waals surface area contributed by atoms with Crippen molar-refractivity contribution in [1.82, 2.24) is 4.90 Å². The number of carbonyl (C=O) groups excluding carboxylic acids is 3. The molecule has 0 fully saturated rings. The second-order valence-electron chi connectivity index (χ2n) is 14.9. The molecule has 6 rings (SSSR count). The predicted molar refractivity (Wildman–Crippen MR) is 189 cm³/mol. The third kappa shape index (κ3) is 6.87. The van der Waals surface area contributed by atoms with E-state index < -0.39 is 5.92 Å². The zero-order valence-electron chi connectivity index (χ0n) is 28.1. The second kappa shape index (κ2) is 12.6. The van der Waals surface area contributed by atoms with Crippen molar-refractivity contribution in [3.05, 3.63) is 116 Å². The van der Waals surface area contributed by atoms with Crippen LogP contribution in [0.2, 0.25) is 0 Å².